The summed E-state index contributed by atoms with van der Waals surface area (Å²) in [5.74, 6) is -1.46. The van der Waals surface area contributed by atoms with Crippen molar-refractivity contribution in [2.45, 2.75) is 37.6 Å². The Morgan fingerprint density at radius 1 is 1.38 bits per heavy atom. The Morgan fingerprint density at radius 3 is 2.31 bits per heavy atom. The number of halogens is 1. The van der Waals surface area contributed by atoms with Crippen LogP contribution in [0.4, 0.5) is 0 Å². The molecule has 0 rings (SSSR count). The highest BCUT2D eigenvalue weighted by Gasteiger charge is 2.14. The van der Waals surface area contributed by atoms with Crippen LogP contribution in [0.25, 0.3) is 0 Å². The topological polar surface area (TPSA) is 63.6 Å². The highest BCUT2D eigenvalue weighted by atomic mass is 79.9. The highest BCUT2D eigenvalue weighted by Crippen LogP contribution is 2.09. The Balaban J connectivity index is 3.68. The molecule has 0 aromatic rings. The molecule has 0 aliphatic heterocycles. The zero-order chi connectivity index (χ0) is 10.4. The number of carbonyl (C=O) groups excluding carboxylic acids is 1. The minimum Gasteiger partial charge on any atom is -0.481 e. The number of rotatable bonds is 5. The molecule has 4 nitrogen and oxygen atoms in total. The summed E-state index contributed by atoms with van der Waals surface area (Å²) in [6.45, 7) is 3.60. The van der Waals surface area contributed by atoms with Crippen molar-refractivity contribution in [3.63, 3.8) is 0 Å². The molecule has 0 spiro atoms. The van der Waals surface area contributed by atoms with E-state index < -0.39 is 11.9 Å². The molecule has 0 heterocycles. The summed E-state index contributed by atoms with van der Waals surface area (Å²) in [6, 6.07) is 0. The van der Waals surface area contributed by atoms with Crippen molar-refractivity contribution in [2.75, 3.05) is 0 Å². The lowest BCUT2D eigenvalue weighted by atomic mass is 10.3. The van der Waals surface area contributed by atoms with Gasteiger partial charge in [-0.25, -0.2) is 0 Å². The monoisotopic (exact) mass is 252 g/mol. The third-order valence-electron chi connectivity index (χ3n) is 1.51. The molecule has 2 atom stereocenters. The predicted octanol–water partition coefficient (Wildman–Crippen LogP) is 1.57. The number of carboxylic acids is 1. The molecule has 0 radical (unpaired) electrons. The van der Waals surface area contributed by atoms with Gasteiger partial charge in [0.05, 0.1) is 12.8 Å². The molecule has 13 heavy (non-hydrogen) atoms. The fourth-order valence-electron chi connectivity index (χ4n) is 0.569. The number of esters is 1. The third-order valence-corrected chi connectivity index (χ3v) is 2.25. The van der Waals surface area contributed by atoms with E-state index in [2.05, 4.69) is 15.9 Å². The van der Waals surface area contributed by atoms with Crippen molar-refractivity contribution < 1.29 is 19.4 Å². The molecule has 76 valence electrons. The van der Waals surface area contributed by atoms with Crippen molar-refractivity contribution in [3.8, 4) is 0 Å². The zero-order valence-electron chi connectivity index (χ0n) is 7.62. The first-order valence-electron chi connectivity index (χ1n) is 3.99. The van der Waals surface area contributed by atoms with Gasteiger partial charge in [-0.2, -0.15) is 0 Å². The van der Waals surface area contributed by atoms with Gasteiger partial charge in [0.15, 0.2) is 0 Å². The third kappa shape index (κ3) is 6.57. The van der Waals surface area contributed by atoms with Gasteiger partial charge in [0.2, 0.25) is 0 Å². The minimum atomic E-state index is -0.989. The summed E-state index contributed by atoms with van der Waals surface area (Å²) in [4.78, 5) is 21.1. The van der Waals surface area contributed by atoms with Crippen LogP contribution in [-0.2, 0) is 14.3 Å². The molecular weight excluding hydrogens is 240 g/mol. The van der Waals surface area contributed by atoms with Crippen LogP contribution >= 0.6 is 15.9 Å². The van der Waals surface area contributed by atoms with Gasteiger partial charge in [0, 0.05) is 4.83 Å². The molecule has 0 fully saturated rings. The summed E-state index contributed by atoms with van der Waals surface area (Å²) >= 11 is 3.25. The molecule has 5 heteroatoms. The molecule has 0 saturated carbocycles. The Bertz CT molecular complexity index is 191. The lowest BCUT2D eigenvalue weighted by Crippen LogP contribution is -2.22. The summed E-state index contributed by atoms with van der Waals surface area (Å²) in [6.07, 6.45) is -0.483. The Labute approximate surface area is 85.4 Å². The first kappa shape index (κ1) is 12.4. The molecule has 0 saturated heterocycles. The summed E-state index contributed by atoms with van der Waals surface area (Å²) in [7, 11) is 0. The number of hydrogen-bond acceptors (Lipinski definition) is 3. The van der Waals surface area contributed by atoms with E-state index in [-0.39, 0.29) is 23.8 Å². The van der Waals surface area contributed by atoms with Crippen LogP contribution in [0, 0.1) is 0 Å². The van der Waals surface area contributed by atoms with Crippen molar-refractivity contribution >= 4 is 27.9 Å². The SMILES string of the molecule is CC(Br)C(C)OC(=O)CCC(=O)O. The number of aliphatic carboxylic acids is 1. The lowest BCUT2D eigenvalue weighted by Gasteiger charge is -2.14. The average Bonchev–Trinajstić information content (AvgIpc) is 2.00. The smallest absolute Gasteiger partial charge is 0.306 e. The molecule has 0 aromatic heterocycles. The van der Waals surface area contributed by atoms with Crippen LogP contribution in [0.1, 0.15) is 26.7 Å². The Morgan fingerprint density at radius 2 is 1.92 bits per heavy atom. The molecule has 0 aliphatic carbocycles. The molecule has 0 amide bonds. The van der Waals surface area contributed by atoms with Gasteiger partial charge in [-0.3, -0.25) is 9.59 Å². The maximum absolute atomic E-state index is 11.0. The number of alkyl halides is 1. The largest absolute Gasteiger partial charge is 0.481 e. The van der Waals surface area contributed by atoms with Crippen LogP contribution in [0.15, 0.2) is 0 Å². The van der Waals surface area contributed by atoms with Crippen LogP contribution in [0.2, 0.25) is 0 Å². The van der Waals surface area contributed by atoms with E-state index in [1.54, 1.807) is 6.92 Å². The number of hydrogen-bond donors (Lipinski definition) is 1. The summed E-state index contributed by atoms with van der Waals surface area (Å²) in [5.41, 5.74) is 0. The molecule has 0 aliphatic rings. The summed E-state index contributed by atoms with van der Waals surface area (Å²) in [5, 5.41) is 8.29. The van der Waals surface area contributed by atoms with Crippen LogP contribution in [-0.4, -0.2) is 28.0 Å². The van der Waals surface area contributed by atoms with E-state index in [1.165, 1.54) is 0 Å². The summed E-state index contributed by atoms with van der Waals surface area (Å²) < 4.78 is 4.91. The second-order valence-corrected chi connectivity index (χ2v) is 4.21. The molecule has 1 N–H and O–H groups in total. The second-order valence-electron chi connectivity index (χ2n) is 2.77. The van der Waals surface area contributed by atoms with Crippen molar-refractivity contribution in [3.05, 3.63) is 0 Å². The second kappa shape index (κ2) is 5.96. The normalized spacial score (nSPS) is 14.7. The van der Waals surface area contributed by atoms with E-state index in [1.807, 2.05) is 6.92 Å². The number of carboxylic acid groups (broad SMARTS) is 1. The zero-order valence-corrected chi connectivity index (χ0v) is 9.20. The first-order valence-corrected chi connectivity index (χ1v) is 4.90. The van der Waals surface area contributed by atoms with Gasteiger partial charge in [-0.05, 0) is 13.8 Å². The molecule has 0 bridgehead atoms. The highest BCUT2D eigenvalue weighted by molar-refractivity contribution is 9.09. The predicted molar refractivity (Wildman–Crippen MR) is 50.8 cm³/mol. The molecule has 0 aromatic carbocycles. The van der Waals surface area contributed by atoms with Gasteiger partial charge in [0.1, 0.15) is 6.10 Å². The maximum Gasteiger partial charge on any atom is 0.306 e. The van der Waals surface area contributed by atoms with Crippen molar-refractivity contribution in [2.24, 2.45) is 0 Å². The van der Waals surface area contributed by atoms with Gasteiger partial charge in [0.25, 0.3) is 0 Å². The fraction of sp³-hybridized carbons (Fsp3) is 0.750. The van der Waals surface area contributed by atoms with Gasteiger partial charge in [-0.1, -0.05) is 15.9 Å². The van der Waals surface area contributed by atoms with Gasteiger partial charge in [-0.15, -0.1) is 0 Å². The average molecular weight is 253 g/mol. The van der Waals surface area contributed by atoms with E-state index in [0.29, 0.717) is 0 Å². The molecular formula is C8H13BrO4. The number of ether oxygens (including phenoxy) is 1. The van der Waals surface area contributed by atoms with Crippen LogP contribution in [0.3, 0.4) is 0 Å². The first-order chi connectivity index (χ1) is 5.93. The fourth-order valence-corrected chi connectivity index (χ4v) is 0.677. The van der Waals surface area contributed by atoms with E-state index in [0.717, 1.165) is 0 Å². The van der Waals surface area contributed by atoms with Gasteiger partial charge < -0.3 is 9.84 Å². The standard InChI is InChI=1S/C8H13BrO4/c1-5(9)6(2)13-8(12)4-3-7(10)11/h5-6H,3-4H2,1-2H3,(H,10,11). The molecule has 2 unspecified atom stereocenters. The van der Waals surface area contributed by atoms with Crippen LogP contribution < -0.4 is 0 Å². The van der Waals surface area contributed by atoms with Crippen molar-refractivity contribution in [1.29, 1.82) is 0 Å². The van der Waals surface area contributed by atoms with Crippen LogP contribution in [0.5, 0.6) is 0 Å². The maximum atomic E-state index is 11.0. The quantitative estimate of drug-likeness (QED) is 0.596. The van der Waals surface area contributed by atoms with E-state index >= 15 is 0 Å². The van der Waals surface area contributed by atoms with Crippen molar-refractivity contribution in [1.82, 2.24) is 0 Å². The minimum absolute atomic E-state index is 0.0700. The Hall–Kier alpha value is -0.580. The van der Waals surface area contributed by atoms with E-state index in [4.69, 9.17) is 9.84 Å². The Kier molecular flexibility index (Phi) is 5.70. The van der Waals surface area contributed by atoms with E-state index in [9.17, 15) is 9.59 Å². The lowest BCUT2D eigenvalue weighted by molar-refractivity contribution is -0.151. The number of carbonyl (C=O) groups is 2. The van der Waals surface area contributed by atoms with Gasteiger partial charge >= 0.3 is 11.9 Å².